The van der Waals surface area contributed by atoms with E-state index in [1.165, 1.54) is 116 Å². The highest BCUT2D eigenvalue weighted by atomic mass is 15.0. The van der Waals surface area contributed by atoms with Crippen molar-refractivity contribution in [3.05, 3.63) is 219 Å². The SMILES string of the molecule is C/C=c1\c(=C/Cc2ccccc2)c2ccccc2n1-c1cccc2c1-c1ccc(-c3ccc(C)c4ccccc34)cc1C21c2cc(C(C)(C)C)ccc2-c2ccc(C(C)(C)C)cc21. The normalized spacial score (nSPS) is 14.4. The number of benzene rings is 8. The number of para-hydroxylation sites is 1. The van der Waals surface area contributed by atoms with E-state index in [9.17, 15) is 0 Å². The summed E-state index contributed by atoms with van der Waals surface area (Å²) >= 11 is 0. The molecule has 2 aliphatic carbocycles. The van der Waals surface area contributed by atoms with Crippen molar-refractivity contribution in [1.82, 2.24) is 4.57 Å². The first kappa shape index (κ1) is 39.2. The van der Waals surface area contributed by atoms with Crippen molar-refractivity contribution >= 4 is 33.8 Å². The summed E-state index contributed by atoms with van der Waals surface area (Å²) in [6.07, 6.45) is 5.62. The molecule has 0 aliphatic heterocycles. The molecule has 63 heavy (non-hydrogen) atoms. The van der Waals surface area contributed by atoms with Crippen LogP contribution < -0.4 is 10.6 Å². The second-order valence-corrected chi connectivity index (χ2v) is 20.0. The smallest absolute Gasteiger partial charge is 0.0726 e. The minimum atomic E-state index is -0.550. The zero-order valence-electron chi connectivity index (χ0n) is 37.9. The Morgan fingerprint density at radius 1 is 0.508 bits per heavy atom. The van der Waals surface area contributed by atoms with Crippen molar-refractivity contribution in [2.45, 2.75) is 78.1 Å². The summed E-state index contributed by atoms with van der Waals surface area (Å²) in [4.78, 5) is 0. The van der Waals surface area contributed by atoms with E-state index in [-0.39, 0.29) is 10.8 Å². The zero-order chi connectivity index (χ0) is 43.4. The van der Waals surface area contributed by atoms with E-state index in [1.54, 1.807) is 0 Å². The van der Waals surface area contributed by atoms with Crippen LogP contribution in [-0.2, 0) is 22.7 Å². The third-order valence-electron chi connectivity index (χ3n) is 14.3. The third kappa shape index (κ3) is 5.82. The summed E-state index contributed by atoms with van der Waals surface area (Å²) in [7, 11) is 0. The Hall–Kier alpha value is -6.70. The number of nitrogens with zero attached hydrogens (tertiary/aromatic N) is 1. The highest BCUT2D eigenvalue weighted by molar-refractivity contribution is 6.02. The molecule has 0 atom stereocenters. The van der Waals surface area contributed by atoms with Gasteiger partial charge in [0.05, 0.1) is 16.6 Å². The fraction of sp³-hybridized carbons (Fsp3) is 0.194. The van der Waals surface area contributed by atoms with Crippen molar-refractivity contribution in [3.63, 3.8) is 0 Å². The van der Waals surface area contributed by atoms with Crippen molar-refractivity contribution in [2.75, 3.05) is 0 Å². The first-order chi connectivity index (χ1) is 30.4. The number of aryl methyl sites for hydroxylation is 1. The standard InChI is InChI=1S/C62H55N/c1-9-56-50(32-27-40-18-11-10-12-19-40)49-22-15-16-24-57(49)63(56)58-25-17-23-52-59(58)51-33-28-41(45-31-26-39(2)44-20-13-14-21-46(44)45)36-53(51)62(52)54-37-42(60(3,4)5)29-34-47(54)48-35-30-43(38-55(48)62)61(6,7)8/h9-26,28-38H,27H2,1-8H3/b50-32-,56-9+. The van der Waals surface area contributed by atoms with Gasteiger partial charge in [0.1, 0.15) is 0 Å². The van der Waals surface area contributed by atoms with Crippen molar-refractivity contribution in [2.24, 2.45) is 0 Å². The Labute approximate surface area is 372 Å². The molecule has 1 spiro atoms. The Bertz CT molecular complexity index is 3390. The third-order valence-corrected chi connectivity index (χ3v) is 14.3. The fourth-order valence-electron chi connectivity index (χ4n) is 11.1. The van der Waals surface area contributed by atoms with Gasteiger partial charge in [0.15, 0.2) is 0 Å². The van der Waals surface area contributed by atoms with Crippen molar-refractivity contribution in [1.29, 1.82) is 0 Å². The van der Waals surface area contributed by atoms with Crippen LogP contribution in [0.1, 0.15) is 93.0 Å². The lowest BCUT2D eigenvalue weighted by Crippen LogP contribution is -2.29. The van der Waals surface area contributed by atoms with Gasteiger partial charge in [0.2, 0.25) is 0 Å². The van der Waals surface area contributed by atoms with Gasteiger partial charge in [-0.3, -0.25) is 0 Å². The molecular formula is C62H55N. The number of fused-ring (bicyclic) bond motifs is 12. The Morgan fingerprint density at radius 3 is 1.76 bits per heavy atom. The summed E-state index contributed by atoms with van der Waals surface area (Å²) in [5, 5.41) is 6.38. The molecule has 1 heterocycles. The molecule has 0 radical (unpaired) electrons. The van der Waals surface area contributed by atoms with Gasteiger partial charge in [-0.25, -0.2) is 0 Å². The molecule has 0 bridgehead atoms. The van der Waals surface area contributed by atoms with E-state index in [0.717, 1.165) is 6.42 Å². The van der Waals surface area contributed by atoms with Crippen LogP contribution in [0.25, 0.3) is 72.9 Å². The van der Waals surface area contributed by atoms with Crippen LogP contribution >= 0.6 is 0 Å². The summed E-state index contributed by atoms with van der Waals surface area (Å²) in [6, 6.07) is 62.7. The molecule has 0 saturated carbocycles. The molecular weight excluding hydrogens is 759 g/mol. The van der Waals surface area contributed by atoms with Crippen LogP contribution in [0.15, 0.2) is 164 Å². The van der Waals surface area contributed by atoms with Crippen LogP contribution in [0.2, 0.25) is 0 Å². The first-order valence-corrected chi connectivity index (χ1v) is 22.8. The summed E-state index contributed by atoms with van der Waals surface area (Å²) < 4.78 is 2.56. The second kappa shape index (κ2) is 14.2. The van der Waals surface area contributed by atoms with Crippen LogP contribution in [-0.4, -0.2) is 4.57 Å². The van der Waals surface area contributed by atoms with Gasteiger partial charge < -0.3 is 4.57 Å². The number of hydrogen-bond acceptors (Lipinski definition) is 0. The minimum Gasteiger partial charge on any atom is -0.309 e. The molecule has 0 unspecified atom stereocenters. The average molecular weight is 814 g/mol. The zero-order valence-corrected chi connectivity index (χ0v) is 37.9. The summed E-state index contributed by atoms with van der Waals surface area (Å²) in [6.45, 7) is 18.5. The van der Waals surface area contributed by atoms with Gasteiger partial charge in [0, 0.05) is 21.5 Å². The van der Waals surface area contributed by atoms with Crippen LogP contribution in [0, 0.1) is 6.92 Å². The van der Waals surface area contributed by atoms with E-state index in [0.29, 0.717) is 0 Å². The lowest BCUT2D eigenvalue weighted by Gasteiger charge is -2.33. The van der Waals surface area contributed by atoms with Crippen LogP contribution in [0.5, 0.6) is 0 Å². The van der Waals surface area contributed by atoms with Gasteiger partial charge >= 0.3 is 0 Å². The number of rotatable bonds is 4. The van der Waals surface area contributed by atoms with Gasteiger partial charge in [-0.1, -0.05) is 199 Å². The number of aromatic nitrogens is 1. The lowest BCUT2D eigenvalue weighted by molar-refractivity contribution is 0.586. The fourth-order valence-corrected chi connectivity index (χ4v) is 11.1. The molecule has 0 N–H and O–H groups in total. The Morgan fingerprint density at radius 2 is 1.10 bits per heavy atom. The van der Waals surface area contributed by atoms with Gasteiger partial charge in [-0.15, -0.1) is 0 Å². The molecule has 8 aromatic carbocycles. The molecule has 308 valence electrons. The maximum absolute atomic E-state index is 2.57. The van der Waals surface area contributed by atoms with E-state index in [4.69, 9.17) is 0 Å². The summed E-state index contributed by atoms with van der Waals surface area (Å²) in [5.74, 6) is 0. The highest BCUT2D eigenvalue weighted by Gasteiger charge is 2.53. The largest absolute Gasteiger partial charge is 0.309 e. The van der Waals surface area contributed by atoms with Crippen LogP contribution in [0.3, 0.4) is 0 Å². The molecule has 11 rings (SSSR count). The average Bonchev–Trinajstić information content (AvgIpc) is 3.89. The minimum absolute atomic E-state index is 0.0289. The first-order valence-electron chi connectivity index (χ1n) is 22.8. The van der Waals surface area contributed by atoms with E-state index >= 15 is 0 Å². The van der Waals surface area contributed by atoms with Crippen molar-refractivity contribution < 1.29 is 0 Å². The van der Waals surface area contributed by atoms with Crippen molar-refractivity contribution in [3.8, 4) is 39.1 Å². The topological polar surface area (TPSA) is 4.93 Å². The predicted octanol–water partition coefficient (Wildman–Crippen LogP) is 14.5. The van der Waals surface area contributed by atoms with Gasteiger partial charge in [-0.2, -0.15) is 0 Å². The lowest BCUT2D eigenvalue weighted by atomic mass is 9.68. The Kier molecular flexibility index (Phi) is 8.80. The maximum atomic E-state index is 2.57. The molecule has 0 amide bonds. The van der Waals surface area contributed by atoms with E-state index in [2.05, 4.69) is 236 Å². The van der Waals surface area contributed by atoms with Gasteiger partial charge in [-0.05, 0) is 132 Å². The monoisotopic (exact) mass is 813 g/mol. The molecule has 1 heteroatoms. The van der Waals surface area contributed by atoms with E-state index < -0.39 is 5.41 Å². The van der Waals surface area contributed by atoms with E-state index in [1.807, 2.05) is 0 Å². The highest BCUT2D eigenvalue weighted by Crippen LogP contribution is 2.65. The molecule has 1 nitrogen and oxygen atoms in total. The number of hydrogen-bond donors (Lipinski definition) is 0. The second-order valence-electron chi connectivity index (χ2n) is 20.0. The Balaban J connectivity index is 1.28. The van der Waals surface area contributed by atoms with Gasteiger partial charge in [0.25, 0.3) is 0 Å². The molecule has 0 fully saturated rings. The molecule has 2 aliphatic rings. The molecule has 1 aromatic heterocycles. The molecule has 0 saturated heterocycles. The molecule has 9 aromatic rings. The van der Waals surface area contributed by atoms with Crippen LogP contribution in [0.4, 0.5) is 0 Å². The predicted molar refractivity (Wildman–Crippen MR) is 269 cm³/mol. The quantitative estimate of drug-likeness (QED) is 0.167. The maximum Gasteiger partial charge on any atom is 0.0726 e. The summed E-state index contributed by atoms with van der Waals surface area (Å²) in [5.41, 5.74) is 20.4.